The number of thiophene rings is 1. The molecule has 20 heavy (non-hydrogen) atoms. The van der Waals surface area contributed by atoms with E-state index in [9.17, 15) is 9.59 Å². The maximum atomic E-state index is 12.0. The zero-order valence-corrected chi connectivity index (χ0v) is 13.2. The zero-order chi connectivity index (χ0) is 15.3. The normalized spacial score (nSPS) is 12.3. The molecule has 1 amide bonds. The highest BCUT2D eigenvalue weighted by Gasteiger charge is 2.22. The topological polar surface area (TPSA) is 81.4 Å². The summed E-state index contributed by atoms with van der Waals surface area (Å²) in [6.07, 6.45) is 0.795. The molecule has 0 saturated carbocycles. The number of nitrogens with two attached hydrogens (primary N) is 1. The van der Waals surface area contributed by atoms with Crippen LogP contribution in [0.4, 0.5) is 5.00 Å². The number of esters is 1. The van der Waals surface area contributed by atoms with E-state index in [1.807, 2.05) is 20.8 Å². The molecule has 0 fully saturated rings. The summed E-state index contributed by atoms with van der Waals surface area (Å²) < 4.78 is 5.00. The minimum absolute atomic E-state index is 0.0339. The summed E-state index contributed by atoms with van der Waals surface area (Å²) in [7, 11) is 0. The summed E-state index contributed by atoms with van der Waals surface area (Å²) in [6, 6.07) is 1.16. The molecule has 112 valence electrons. The summed E-state index contributed by atoms with van der Waals surface area (Å²) in [5.41, 5.74) is 6.21. The van der Waals surface area contributed by atoms with Crippen LogP contribution in [0.1, 0.15) is 42.9 Å². The maximum absolute atomic E-state index is 12.0. The average Bonchev–Trinajstić information content (AvgIpc) is 2.81. The number of hydrogen-bond donors (Lipinski definition) is 2. The SMILES string of the molecule is CCOC(=O)c1cc(CC)sc1NC(=O)C(N)C(C)C. The first-order valence-corrected chi connectivity index (χ1v) is 7.58. The molecule has 1 atom stereocenters. The molecule has 0 spiro atoms. The van der Waals surface area contributed by atoms with E-state index in [0.29, 0.717) is 17.2 Å². The summed E-state index contributed by atoms with van der Waals surface area (Å²) >= 11 is 1.38. The first-order valence-electron chi connectivity index (χ1n) is 6.76. The van der Waals surface area contributed by atoms with Crippen LogP contribution in [0.5, 0.6) is 0 Å². The van der Waals surface area contributed by atoms with E-state index in [0.717, 1.165) is 11.3 Å². The first kappa shape index (κ1) is 16.7. The largest absolute Gasteiger partial charge is 0.462 e. The van der Waals surface area contributed by atoms with Crippen LogP contribution >= 0.6 is 11.3 Å². The Bertz CT molecular complexity index is 483. The first-order chi connectivity index (χ1) is 9.40. The second-order valence-corrected chi connectivity index (χ2v) is 5.93. The standard InChI is InChI=1S/C14H22N2O3S/c1-5-9-7-10(14(18)19-6-2)13(20-9)16-12(17)11(15)8(3)4/h7-8,11H,5-6,15H2,1-4H3,(H,16,17). The number of carbonyl (C=O) groups excluding carboxylic acids is 2. The highest BCUT2D eigenvalue weighted by atomic mass is 32.1. The molecule has 0 aliphatic heterocycles. The van der Waals surface area contributed by atoms with E-state index in [-0.39, 0.29) is 11.8 Å². The number of nitrogens with one attached hydrogen (secondary N) is 1. The molecule has 5 nitrogen and oxygen atoms in total. The summed E-state index contributed by atoms with van der Waals surface area (Å²) in [4.78, 5) is 24.9. The van der Waals surface area contributed by atoms with Crippen LogP contribution in [-0.2, 0) is 16.0 Å². The van der Waals surface area contributed by atoms with Gasteiger partial charge in [0, 0.05) is 4.88 Å². The number of amides is 1. The molecular weight excluding hydrogens is 276 g/mol. The Kier molecular flexibility index (Phi) is 6.16. The van der Waals surface area contributed by atoms with E-state index in [1.54, 1.807) is 13.0 Å². The van der Waals surface area contributed by atoms with Gasteiger partial charge in [0.1, 0.15) is 5.00 Å². The highest BCUT2D eigenvalue weighted by molar-refractivity contribution is 7.16. The van der Waals surface area contributed by atoms with Gasteiger partial charge in [-0.3, -0.25) is 4.79 Å². The fourth-order valence-corrected chi connectivity index (χ4v) is 2.55. The van der Waals surface area contributed by atoms with Crippen molar-refractivity contribution in [3.63, 3.8) is 0 Å². The summed E-state index contributed by atoms with van der Waals surface area (Å²) in [5.74, 6) is -0.668. The Balaban J connectivity index is 2.96. The minimum atomic E-state index is -0.600. The molecule has 1 heterocycles. The van der Waals surface area contributed by atoms with Gasteiger partial charge in [0.2, 0.25) is 5.91 Å². The Hall–Kier alpha value is -1.40. The molecule has 6 heteroatoms. The van der Waals surface area contributed by atoms with Crippen LogP contribution in [0, 0.1) is 5.92 Å². The van der Waals surface area contributed by atoms with Gasteiger partial charge in [0.05, 0.1) is 18.2 Å². The Morgan fingerprint density at radius 3 is 2.55 bits per heavy atom. The fraction of sp³-hybridized carbons (Fsp3) is 0.571. The predicted octanol–water partition coefficient (Wildman–Crippen LogP) is 2.41. The monoisotopic (exact) mass is 298 g/mol. The number of aryl methyl sites for hydroxylation is 1. The molecule has 0 radical (unpaired) electrons. The lowest BCUT2D eigenvalue weighted by Gasteiger charge is -2.15. The van der Waals surface area contributed by atoms with E-state index < -0.39 is 12.0 Å². The molecule has 1 aromatic heterocycles. The number of rotatable bonds is 6. The minimum Gasteiger partial charge on any atom is -0.462 e. The zero-order valence-electron chi connectivity index (χ0n) is 12.4. The number of anilines is 1. The van der Waals surface area contributed by atoms with E-state index in [1.165, 1.54) is 11.3 Å². The van der Waals surface area contributed by atoms with Gasteiger partial charge in [-0.2, -0.15) is 0 Å². The highest BCUT2D eigenvalue weighted by Crippen LogP contribution is 2.29. The number of carbonyl (C=O) groups is 2. The molecule has 1 rings (SSSR count). The van der Waals surface area contributed by atoms with Crippen LogP contribution in [0.3, 0.4) is 0 Å². The molecule has 1 aromatic rings. The lowest BCUT2D eigenvalue weighted by Crippen LogP contribution is -2.39. The van der Waals surface area contributed by atoms with E-state index >= 15 is 0 Å². The van der Waals surface area contributed by atoms with Crippen molar-refractivity contribution in [2.75, 3.05) is 11.9 Å². The molecular formula is C14H22N2O3S. The second kappa shape index (κ2) is 7.40. The predicted molar refractivity (Wildman–Crippen MR) is 81.1 cm³/mol. The lowest BCUT2D eigenvalue weighted by atomic mass is 10.1. The third kappa shape index (κ3) is 4.05. The Morgan fingerprint density at radius 2 is 2.05 bits per heavy atom. The molecule has 0 aliphatic rings. The quantitative estimate of drug-likeness (QED) is 0.790. The van der Waals surface area contributed by atoms with Crippen molar-refractivity contribution in [3.05, 3.63) is 16.5 Å². The van der Waals surface area contributed by atoms with Crippen molar-refractivity contribution < 1.29 is 14.3 Å². The Morgan fingerprint density at radius 1 is 1.40 bits per heavy atom. The third-order valence-electron chi connectivity index (χ3n) is 2.88. The molecule has 0 aromatic carbocycles. The maximum Gasteiger partial charge on any atom is 0.341 e. The second-order valence-electron chi connectivity index (χ2n) is 4.79. The molecule has 3 N–H and O–H groups in total. The van der Waals surface area contributed by atoms with Crippen molar-refractivity contribution in [3.8, 4) is 0 Å². The van der Waals surface area contributed by atoms with Crippen molar-refractivity contribution in [1.29, 1.82) is 0 Å². The number of hydrogen-bond acceptors (Lipinski definition) is 5. The van der Waals surface area contributed by atoms with Gasteiger partial charge in [-0.1, -0.05) is 20.8 Å². The molecule has 1 unspecified atom stereocenters. The molecule has 0 aliphatic carbocycles. The van der Waals surface area contributed by atoms with Gasteiger partial charge in [-0.05, 0) is 25.3 Å². The summed E-state index contributed by atoms with van der Waals surface area (Å²) in [5, 5.41) is 3.25. The third-order valence-corrected chi connectivity index (χ3v) is 4.08. The van der Waals surface area contributed by atoms with Crippen LogP contribution in [0.15, 0.2) is 6.07 Å². The van der Waals surface area contributed by atoms with Gasteiger partial charge < -0.3 is 15.8 Å². The average molecular weight is 298 g/mol. The van der Waals surface area contributed by atoms with Crippen LogP contribution in [0.2, 0.25) is 0 Å². The van der Waals surface area contributed by atoms with Crippen molar-refractivity contribution in [1.82, 2.24) is 0 Å². The van der Waals surface area contributed by atoms with Gasteiger partial charge in [0.15, 0.2) is 0 Å². The van der Waals surface area contributed by atoms with Crippen molar-refractivity contribution in [2.45, 2.75) is 40.2 Å². The van der Waals surface area contributed by atoms with Gasteiger partial charge in [-0.15, -0.1) is 11.3 Å². The van der Waals surface area contributed by atoms with E-state index in [2.05, 4.69) is 5.32 Å². The van der Waals surface area contributed by atoms with Gasteiger partial charge in [0.25, 0.3) is 0 Å². The smallest absolute Gasteiger partial charge is 0.341 e. The van der Waals surface area contributed by atoms with Crippen molar-refractivity contribution >= 4 is 28.2 Å². The van der Waals surface area contributed by atoms with Crippen LogP contribution in [-0.4, -0.2) is 24.5 Å². The lowest BCUT2D eigenvalue weighted by molar-refractivity contribution is -0.118. The van der Waals surface area contributed by atoms with Crippen LogP contribution in [0.25, 0.3) is 0 Å². The fourth-order valence-electron chi connectivity index (χ4n) is 1.57. The molecule has 0 saturated heterocycles. The van der Waals surface area contributed by atoms with Gasteiger partial charge >= 0.3 is 5.97 Å². The van der Waals surface area contributed by atoms with Gasteiger partial charge in [-0.25, -0.2) is 4.79 Å². The Labute approximate surface area is 123 Å². The molecule has 0 bridgehead atoms. The van der Waals surface area contributed by atoms with Crippen LogP contribution < -0.4 is 11.1 Å². The summed E-state index contributed by atoms with van der Waals surface area (Å²) in [6.45, 7) is 7.80. The van der Waals surface area contributed by atoms with Crippen molar-refractivity contribution in [2.24, 2.45) is 11.7 Å². The van der Waals surface area contributed by atoms with E-state index in [4.69, 9.17) is 10.5 Å². The number of ether oxygens (including phenoxy) is 1.